The summed E-state index contributed by atoms with van der Waals surface area (Å²) in [6.45, 7) is 1.46. The lowest BCUT2D eigenvalue weighted by Gasteiger charge is -2.15. The van der Waals surface area contributed by atoms with Crippen molar-refractivity contribution in [1.82, 2.24) is 4.90 Å². The van der Waals surface area contributed by atoms with Gasteiger partial charge in [0.05, 0.1) is 32.8 Å². The van der Waals surface area contributed by atoms with Gasteiger partial charge in [0.15, 0.2) is 0 Å². The first-order chi connectivity index (χ1) is 7.69. The largest absolute Gasteiger partial charge is 0.469 e. The van der Waals surface area contributed by atoms with E-state index in [9.17, 15) is 9.59 Å². The van der Waals surface area contributed by atoms with Gasteiger partial charge in [0.2, 0.25) is 5.91 Å². The topological polar surface area (TPSA) is 76.1 Å². The summed E-state index contributed by atoms with van der Waals surface area (Å²) in [7, 11) is 1.32. The minimum absolute atomic E-state index is 0.0290. The molecule has 1 unspecified atom stereocenters. The highest BCUT2D eigenvalue weighted by molar-refractivity contribution is 5.86. The second kappa shape index (κ2) is 6.44. The maximum Gasteiger partial charge on any atom is 0.310 e. The molecule has 0 aliphatic carbocycles. The van der Waals surface area contributed by atoms with Crippen LogP contribution >= 0.6 is 0 Å². The molecule has 0 radical (unpaired) electrons. The van der Waals surface area contributed by atoms with Gasteiger partial charge in [-0.25, -0.2) is 0 Å². The summed E-state index contributed by atoms with van der Waals surface area (Å²) in [6, 6.07) is 0. The zero-order valence-corrected chi connectivity index (χ0v) is 9.35. The van der Waals surface area contributed by atoms with Crippen LogP contribution in [0.15, 0.2) is 0 Å². The third-order valence-corrected chi connectivity index (χ3v) is 2.49. The van der Waals surface area contributed by atoms with Crippen molar-refractivity contribution in [2.45, 2.75) is 6.42 Å². The molecule has 1 amide bonds. The fraction of sp³-hybridized carbons (Fsp3) is 0.800. The van der Waals surface area contributed by atoms with E-state index >= 15 is 0 Å². The molecule has 1 heterocycles. The van der Waals surface area contributed by atoms with Gasteiger partial charge < -0.3 is 19.5 Å². The Labute approximate surface area is 94.1 Å². The second-order valence-corrected chi connectivity index (χ2v) is 3.60. The molecule has 0 bridgehead atoms. The average molecular weight is 231 g/mol. The third-order valence-electron chi connectivity index (χ3n) is 2.49. The van der Waals surface area contributed by atoms with Gasteiger partial charge in [-0.2, -0.15) is 0 Å². The number of hydrogen-bond acceptors (Lipinski definition) is 5. The quantitative estimate of drug-likeness (QED) is 0.469. The number of aliphatic hydroxyl groups excluding tert-OH is 1. The molecule has 1 aliphatic heterocycles. The van der Waals surface area contributed by atoms with E-state index in [0.29, 0.717) is 19.7 Å². The van der Waals surface area contributed by atoms with Crippen LogP contribution < -0.4 is 0 Å². The standard InChI is InChI=1S/C10H17NO5/c1-15-10(14)8-6-9(13)11(7-8)2-4-16-5-3-12/h8,12H,2-7H2,1H3. The molecule has 0 saturated carbocycles. The monoisotopic (exact) mass is 231 g/mol. The number of esters is 1. The molecule has 0 aromatic rings. The van der Waals surface area contributed by atoms with E-state index in [0.717, 1.165) is 0 Å². The molecule has 1 fully saturated rings. The second-order valence-electron chi connectivity index (χ2n) is 3.60. The number of carbonyl (C=O) groups excluding carboxylic acids is 2. The van der Waals surface area contributed by atoms with Crippen molar-refractivity contribution in [1.29, 1.82) is 0 Å². The first-order valence-corrected chi connectivity index (χ1v) is 5.23. The Morgan fingerprint density at radius 1 is 1.56 bits per heavy atom. The predicted molar refractivity (Wildman–Crippen MR) is 54.6 cm³/mol. The summed E-state index contributed by atoms with van der Waals surface area (Å²) >= 11 is 0. The van der Waals surface area contributed by atoms with Crippen LogP contribution in [0.3, 0.4) is 0 Å². The molecule has 6 heteroatoms. The lowest BCUT2D eigenvalue weighted by molar-refractivity contribution is -0.145. The molecule has 1 saturated heterocycles. The van der Waals surface area contributed by atoms with Crippen molar-refractivity contribution >= 4 is 11.9 Å². The van der Waals surface area contributed by atoms with Crippen LogP contribution in [0.25, 0.3) is 0 Å². The highest BCUT2D eigenvalue weighted by Crippen LogP contribution is 2.18. The summed E-state index contributed by atoms with van der Waals surface area (Å²) in [6.07, 6.45) is 0.215. The van der Waals surface area contributed by atoms with E-state index in [-0.39, 0.29) is 37.4 Å². The lowest BCUT2D eigenvalue weighted by Crippen LogP contribution is -2.30. The van der Waals surface area contributed by atoms with Crippen LogP contribution in [0.4, 0.5) is 0 Å². The van der Waals surface area contributed by atoms with Gasteiger partial charge in [0.25, 0.3) is 0 Å². The summed E-state index contributed by atoms with van der Waals surface area (Å²) < 4.78 is 9.65. The number of ether oxygens (including phenoxy) is 2. The number of hydrogen-bond donors (Lipinski definition) is 1. The van der Waals surface area contributed by atoms with Crippen molar-refractivity contribution in [3.05, 3.63) is 0 Å². The number of rotatable bonds is 6. The van der Waals surface area contributed by atoms with Crippen LogP contribution in [0.5, 0.6) is 0 Å². The Kier molecular flexibility index (Phi) is 5.21. The van der Waals surface area contributed by atoms with Crippen molar-refractivity contribution in [3.63, 3.8) is 0 Å². The molecule has 16 heavy (non-hydrogen) atoms. The van der Waals surface area contributed by atoms with Gasteiger partial charge in [-0.1, -0.05) is 0 Å². The molecule has 0 aromatic heterocycles. The predicted octanol–water partition coefficient (Wildman–Crippen LogP) is -0.983. The summed E-state index contributed by atoms with van der Waals surface area (Å²) in [5.74, 6) is -0.745. The zero-order valence-electron chi connectivity index (χ0n) is 9.35. The van der Waals surface area contributed by atoms with Gasteiger partial charge in [0, 0.05) is 19.5 Å². The Morgan fingerprint density at radius 2 is 2.31 bits per heavy atom. The van der Waals surface area contributed by atoms with Crippen LogP contribution in [0.1, 0.15) is 6.42 Å². The summed E-state index contributed by atoms with van der Waals surface area (Å²) in [5.41, 5.74) is 0. The zero-order chi connectivity index (χ0) is 12.0. The number of aliphatic hydroxyl groups is 1. The molecule has 1 N–H and O–H groups in total. The van der Waals surface area contributed by atoms with Crippen LogP contribution in [-0.4, -0.2) is 61.9 Å². The van der Waals surface area contributed by atoms with Gasteiger partial charge in [0.1, 0.15) is 0 Å². The smallest absolute Gasteiger partial charge is 0.310 e. The first kappa shape index (κ1) is 12.9. The van der Waals surface area contributed by atoms with Crippen molar-refractivity contribution < 1.29 is 24.2 Å². The molecule has 0 spiro atoms. The third kappa shape index (κ3) is 3.46. The highest BCUT2D eigenvalue weighted by Gasteiger charge is 2.34. The van der Waals surface area contributed by atoms with E-state index in [1.807, 2.05) is 0 Å². The Bertz CT molecular complexity index is 256. The molecular formula is C10H17NO5. The van der Waals surface area contributed by atoms with E-state index < -0.39 is 0 Å². The van der Waals surface area contributed by atoms with Gasteiger partial charge in [-0.15, -0.1) is 0 Å². The molecule has 1 atom stereocenters. The van der Waals surface area contributed by atoms with Gasteiger partial charge >= 0.3 is 5.97 Å². The number of likely N-dealkylation sites (tertiary alicyclic amines) is 1. The SMILES string of the molecule is COC(=O)C1CC(=O)N(CCOCCO)C1. The number of methoxy groups -OCH3 is 1. The maximum atomic E-state index is 11.5. The maximum absolute atomic E-state index is 11.5. The van der Waals surface area contributed by atoms with E-state index in [4.69, 9.17) is 9.84 Å². The summed E-state index contributed by atoms with van der Waals surface area (Å²) in [4.78, 5) is 24.3. The Morgan fingerprint density at radius 3 is 2.94 bits per heavy atom. The fourth-order valence-electron chi connectivity index (χ4n) is 1.65. The molecule has 1 aliphatic rings. The number of nitrogens with zero attached hydrogens (tertiary/aromatic N) is 1. The molecule has 0 aromatic carbocycles. The van der Waals surface area contributed by atoms with Gasteiger partial charge in [-0.05, 0) is 0 Å². The number of carbonyl (C=O) groups is 2. The molecule has 92 valence electrons. The molecule has 1 rings (SSSR count). The normalized spacial score (nSPS) is 20.2. The summed E-state index contributed by atoms with van der Waals surface area (Å²) in [5, 5.41) is 8.49. The van der Waals surface area contributed by atoms with Crippen LogP contribution in [0.2, 0.25) is 0 Å². The van der Waals surface area contributed by atoms with Gasteiger partial charge in [-0.3, -0.25) is 9.59 Å². The van der Waals surface area contributed by atoms with E-state index in [1.165, 1.54) is 7.11 Å². The highest BCUT2D eigenvalue weighted by atomic mass is 16.5. The number of amides is 1. The van der Waals surface area contributed by atoms with E-state index in [2.05, 4.69) is 4.74 Å². The average Bonchev–Trinajstić information content (AvgIpc) is 2.65. The van der Waals surface area contributed by atoms with Crippen molar-refractivity contribution in [2.24, 2.45) is 5.92 Å². The Hall–Kier alpha value is -1.14. The fourth-order valence-corrected chi connectivity index (χ4v) is 1.65. The van der Waals surface area contributed by atoms with Crippen LogP contribution in [0, 0.1) is 5.92 Å². The van der Waals surface area contributed by atoms with Crippen LogP contribution in [-0.2, 0) is 19.1 Å². The first-order valence-electron chi connectivity index (χ1n) is 5.23. The minimum atomic E-state index is -0.352. The minimum Gasteiger partial charge on any atom is -0.469 e. The van der Waals surface area contributed by atoms with E-state index in [1.54, 1.807) is 4.90 Å². The van der Waals surface area contributed by atoms with Crippen molar-refractivity contribution in [3.8, 4) is 0 Å². The lowest BCUT2D eigenvalue weighted by atomic mass is 10.1. The Balaban J connectivity index is 2.28. The molecular weight excluding hydrogens is 214 g/mol. The van der Waals surface area contributed by atoms with Crippen molar-refractivity contribution in [2.75, 3.05) is 40.0 Å². The molecule has 6 nitrogen and oxygen atoms in total.